The van der Waals surface area contributed by atoms with Gasteiger partial charge in [0.15, 0.2) is 5.60 Å². The SMILES string of the molecule is O[C@](Cn1cncn1)(c1ccc(F)cc1)c1ccccn1. The number of hydrogen-bond acceptors (Lipinski definition) is 4. The molecular weight excluding hydrogens is 271 g/mol. The maximum atomic E-state index is 13.1. The van der Waals surface area contributed by atoms with Gasteiger partial charge in [-0.25, -0.2) is 14.1 Å². The summed E-state index contributed by atoms with van der Waals surface area (Å²) in [6, 6.07) is 11.0. The van der Waals surface area contributed by atoms with Gasteiger partial charge in [0.1, 0.15) is 18.5 Å². The van der Waals surface area contributed by atoms with Gasteiger partial charge >= 0.3 is 0 Å². The number of aromatic nitrogens is 4. The van der Waals surface area contributed by atoms with Gasteiger partial charge in [0, 0.05) is 6.20 Å². The number of hydrogen-bond donors (Lipinski definition) is 1. The Morgan fingerprint density at radius 1 is 1.14 bits per heavy atom. The Bertz CT molecular complexity index is 700. The summed E-state index contributed by atoms with van der Waals surface area (Å²) in [6.45, 7) is 0.135. The van der Waals surface area contributed by atoms with Crippen LogP contribution in [-0.4, -0.2) is 24.9 Å². The van der Waals surface area contributed by atoms with E-state index in [9.17, 15) is 9.50 Å². The van der Waals surface area contributed by atoms with Crippen LogP contribution in [0.1, 0.15) is 11.3 Å². The van der Waals surface area contributed by atoms with Gasteiger partial charge in [-0.1, -0.05) is 18.2 Å². The van der Waals surface area contributed by atoms with Gasteiger partial charge in [-0.05, 0) is 29.8 Å². The third-order valence-corrected chi connectivity index (χ3v) is 3.27. The summed E-state index contributed by atoms with van der Waals surface area (Å²) in [5.74, 6) is -0.358. The molecule has 0 aliphatic heterocycles. The highest BCUT2D eigenvalue weighted by molar-refractivity contribution is 5.32. The molecule has 5 nitrogen and oxygen atoms in total. The van der Waals surface area contributed by atoms with Crippen molar-refractivity contribution in [2.24, 2.45) is 0 Å². The largest absolute Gasteiger partial charge is 0.377 e. The van der Waals surface area contributed by atoms with Crippen molar-refractivity contribution >= 4 is 0 Å². The highest BCUT2D eigenvalue weighted by Gasteiger charge is 2.34. The molecule has 0 saturated heterocycles. The second kappa shape index (κ2) is 5.41. The number of benzene rings is 1. The fourth-order valence-electron chi connectivity index (χ4n) is 2.20. The summed E-state index contributed by atoms with van der Waals surface area (Å²) in [5, 5.41) is 15.2. The van der Waals surface area contributed by atoms with E-state index in [2.05, 4.69) is 15.1 Å². The van der Waals surface area contributed by atoms with Crippen LogP contribution in [0.2, 0.25) is 0 Å². The van der Waals surface area contributed by atoms with Crippen LogP contribution in [0.25, 0.3) is 0 Å². The minimum absolute atomic E-state index is 0.135. The van der Waals surface area contributed by atoms with Crippen LogP contribution < -0.4 is 0 Å². The van der Waals surface area contributed by atoms with Gasteiger partial charge in [0.05, 0.1) is 12.2 Å². The Kier molecular flexibility index (Phi) is 3.45. The maximum Gasteiger partial charge on any atom is 0.151 e. The van der Waals surface area contributed by atoms with Gasteiger partial charge in [-0.2, -0.15) is 5.10 Å². The van der Waals surface area contributed by atoms with Crippen molar-refractivity contribution in [3.8, 4) is 0 Å². The summed E-state index contributed by atoms with van der Waals surface area (Å²) < 4.78 is 14.6. The molecule has 0 radical (unpaired) electrons. The molecule has 1 N–H and O–H groups in total. The van der Waals surface area contributed by atoms with Crippen molar-refractivity contribution in [1.82, 2.24) is 19.7 Å². The van der Waals surface area contributed by atoms with E-state index < -0.39 is 5.60 Å². The predicted molar refractivity (Wildman–Crippen MR) is 73.7 cm³/mol. The minimum Gasteiger partial charge on any atom is -0.377 e. The van der Waals surface area contributed by atoms with E-state index in [0.717, 1.165) is 0 Å². The van der Waals surface area contributed by atoms with Gasteiger partial charge < -0.3 is 5.11 Å². The third-order valence-electron chi connectivity index (χ3n) is 3.27. The Morgan fingerprint density at radius 3 is 2.57 bits per heavy atom. The molecule has 2 heterocycles. The second-order valence-corrected chi connectivity index (χ2v) is 4.68. The zero-order valence-corrected chi connectivity index (χ0v) is 11.1. The first kappa shape index (κ1) is 13.4. The highest BCUT2D eigenvalue weighted by atomic mass is 19.1. The van der Waals surface area contributed by atoms with Crippen LogP contribution in [-0.2, 0) is 12.1 Å². The maximum absolute atomic E-state index is 13.1. The molecule has 3 aromatic rings. The standard InChI is InChI=1S/C15H13FN4O/c16-13-6-4-12(5-7-13)15(21,9-20-11-17-10-19-20)14-3-1-2-8-18-14/h1-8,10-11,21H,9H2/t15-/m1/s1. The zero-order chi connectivity index (χ0) is 14.7. The quantitative estimate of drug-likeness (QED) is 0.792. The molecule has 1 atom stereocenters. The lowest BCUT2D eigenvalue weighted by Crippen LogP contribution is -2.34. The molecule has 0 aliphatic rings. The topological polar surface area (TPSA) is 63.8 Å². The molecule has 0 amide bonds. The first-order chi connectivity index (χ1) is 10.2. The van der Waals surface area contributed by atoms with Crippen LogP contribution in [0.3, 0.4) is 0 Å². The molecule has 0 spiro atoms. The average Bonchev–Trinajstić information content (AvgIpc) is 3.01. The Morgan fingerprint density at radius 2 is 1.95 bits per heavy atom. The van der Waals surface area contributed by atoms with Crippen molar-refractivity contribution in [3.63, 3.8) is 0 Å². The first-order valence-electron chi connectivity index (χ1n) is 6.41. The van der Waals surface area contributed by atoms with E-state index in [4.69, 9.17) is 0 Å². The monoisotopic (exact) mass is 284 g/mol. The van der Waals surface area contributed by atoms with E-state index in [1.54, 1.807) is 36.5 Å². The van der Waals surface area contributed by atoms with E-state index in [0.29, 0.717) is 11.3 Å². The fourth-order valence-corrected chi connectivity index (χ4v) is 2.20. The molecule has 0 unspecified atom stereocenters. The molecule has 0 saturated carbocycles. The number of nitrogens with zero attached hydrogens (tertiary/aromatic N) is 4. The lowest BCUT2D eigenvalue weighted by atomic mass is 9.89. The normalized spacial score (nSPS) is 13.8. The van der Waals surface area contributed by atoms with Crippen LogP contribution >= 0.6 is 0 Å². The number of aliphatic hydroxyl groups is 1. The smallest absolute Gasteiger partial charge is 0.151 e. The van der Waals surface area contributed by atoms with Crippen molar-refractivity contribution in [2.45, 2.75) is 12.1 Å². The minimum atomic E-state index is -1.41. The Hall–Kier alpha value is -2.60. The molecule has 2 aromatic heterocycles. The first-order valence-corrected chi connectivity index (χ1v) is 6.41. The summed E-state index contributed by atoms with van der Waals surface area (Å²) in [5.41, 5.74) is -0.409. The molecular formula is C15H13FN4O. The van der Waals surface area contributed by atoms with Crippen molar-refractivity contribution < 1.29 is 9.50 Å². The summed E-state index contributed by atoms with van der Waals surface area (Å²) in [6.07, 6.45) is 4.51. The molecule has 3 rings (SSSR count). The van der Waals surface area contributed by atoms with Crippen molar-refractivity contribution in [2.75, 3.05) is 0 Å². The lowest BCUT2D eigenvalue weighted by Gasteiger charge is -2.28. The van der Waals surface area contributed by atoms with Gasteiger partial charge in [0.2, 0.25) is 0 Å². The molecule has 106 valence electrons. The Labute approximate surface area is 120 Å². The average molecular weight is 284 g/mol. The summed E-state index contributed by atoms with van der Waals surface area (Å²) in [4.78, 5) is 8.09. The molecule has 1 aromatic carbocycles. The number of halogens is 1. The van der Waals surface area contributed by atoms with Crippen LogP contribution in [0, 0.1) is 5.82 Å². The van der Waals surface area contributed by atoms with E-state index in [1.165, 1.54) is 29.5 Å². The molecule has 0 fully saturated rings. The van der Waals surface area contributed by atoms with E-state index in [1.807, 2.05) is 0 Å². The van der Waals surface area contributed by atoms with Gasteiger partial charge in [-0.15, -0.1) is 0 Å². The predicted octanol–water partition coefficient (Wildman–Crippen LogP) is 1.75. The summed E-state index contributed by atoms with van der Waals surface area (Å²) >= 11 is 0. The highest BCUT2D eigenvalue weighted by Crippen LogP contribution is 2.29. The molecule has 0 aliphatic carbocycles. The van der Waals surface area contributed by atoms with Crippen LogP contribution in [0.5, 0.6) is 0 Å². The van der Waals surface area contributed by atoms with E-state index in [-0.39, 0.29) is 12.4 Å². The third kappa shape index (κ3) is 2.66. The van der Waals surface area contributed by atoms with Crippen LogP contribution in [0.15, 0.2) is 61.3 Å². The Balaban J connectivity index is 2.08. The second-order valence-electron chi connectivity index (χ2n) is 4.68. The van der Waals surface area contributed by atoms with Gasteiger partial charge in [-0.3, -0.25) is 4.98 Å². The summed E-state index contributed by atoms with van der Waals surface area (Å²) in [7, 11) is 0. The molecule has 21 heavy (non-hydrogen) atoms. The number of rotatable bonds is 4. The van der Waals surface area contributed by atoms with Crippen molar-refractivity contribution in [1.29, 1.82) is 0 Å². The molecule has 0 bridgehead atoms. The lowest BCUT2D eigenvalue weighted by molar-refractivity contribution is 0.0528. The number of pyridine rings is 1. The van der Waals surface area contributed by atoms with E-state index >= 15 is 0 Å². The van der Waals surface area contributed by atoms with Gasteiger partial charge in [0.25, 0.3) is 0 Å². The van der Waals surface area contributed by atoms with Crippen molar-refractivity contribution in [3.05, 3.63) is 78.4 Å². The zero-order valence-electron chi connectivity index (χ0n) is 11.1. The molecule has 6 heteroatoms. The fraction of sp³-hybridized carbons (Fsp3) is 0.133. The van der Waals surface area contributed by atoms with Crippen LogP contribution in [0.4, 0.5) is 4.39 Å².